The van der Waals surface area contributed by atoms with Gasteiger partial charge in [0.2, 0.25) is 5.88 Å². The van der Waals surface area contributed by atoms with E-state index in [1.54, 1.807) is 22.8 Å². The number of allylic oxidation sites excluding steroid dienone is 1. The Bertz CT molecular complexity index is 960. The highest BCUT2D eigenvalue weighted by Crippen LogP contribution is 2.40. The lowest BCUT2D eigenvalue weighted by Gasteiger charge is -2.01. The van der Waals surface area contributed by atoms with Crippen molar-refractivity contribution in [1.29, 1.82) is 0 Å². The number of benzene rings is 2. The Morgan fingerprint density at radius 3 is 2.62 bits per heavy atom. The van der Waals surface area contributed by atoms with Crippen LogP contribution in [0.3, 0.4) is 0 Å². The van der Waals surface area contributed by atoms with E-state index in [1.807, 2.05) is 24.3 Å². The van der Waals surface area contributed by atoms with Crippen LogP contribution in [0.15, 0.2) is 71.4 Å². The minimum absolute atomic E-state index is 0.0570. The van der Waals surface area contributed by atoms with Crippen LogP contribution in [0, 0.1) is 10.1 Å². The number of nitro groups is 1. The second-order valence-electron chi connectivity index (χ2n) is 5.03. The van der Waals surface area contributed by atoms with Crippen LogP contribution in [-0.4, -0.2) is 14.6 Å². The number of hydrogen-bond acceptors (Lipinski definition) is 5. The standard InChI is InChI=1S/C17H14N4O3/c1-2-11-20-14-9-5-3-7-12(14)16(17(20)22)19-18-13-8-4-6-10-15(13)21(23)24/h2-10,22H,1,11H2. The zero-order valence-corrected chi connectivity index (χ0v) is 12.7. The van der Waals surface area contributed by atoms with E-state index < -0.39 is 4.92 Å². The third kappa shape index (κ3) is 2.63. The normalized spacial score (nSPS) is 11.2. The quantitative estimate of drug-likeness (QED) is 0.315. The summed E-state index contributed by atoms with van der Waals surface area (Å²) in [6.07, 6.45) is 1.66. The third-order valence-electron chi connectivity index (χ3n) is 3.57. The van der Waals surface area contributed by atoms with E-state index in [-0.39, 0.29) is 22.9 Å². The molecule has 0 aliphatic heterocycles. The van der Waals surface area contributed by atoms with Gasteiger partial charge in [0.05, 0.1) is 10.4 Å². The number of aromatic hydroxyl groups is 1. The summed E-state index contributed by atoms with van der Waals surface area (Å²) >= 11 is 0. The van der Waals surface area contributed by atoms with E-state index in [9.17, 15) is 15.2 Å². The molecule has 0 unspecified atom stereocenters. The molecule has 0 bridgehead atoms. The number of nitro benzene ring substituents is 1. The number of para-hydroxylation sites is 2. The van der Waals surface area contributed by atoms with Crippen LogP contribution in [-0.2, 0) is 6.54 Å². The van der Waals surface area contributed by atoms with E-state index in [0.29, 0.717) is 11.9 Å². The lowest BCUT2D eigenvalue weighted by Crippen LogP contribution is -1.92. The van der Waals surface area contributed by atoms with Crippen LogP contribution in [0.4, 0.5) is 17.1 Å². The topological polar surface area (TPSA) is 93.0 Å². The van der Waals surface area contributed by atoms with Gasteiger partial charge in [-0.1, -0.05) is 36.4 Å². The van der Waals surface area contributed by atoms with Crippen molar-refractivity contribution in [3.63, 3.8) is 0 Å². The molecular formula is C17H14N4O3. The number of hydrogen-bond donors (Lipinski definition) is 1. The maximum Gasteiger partial charge on any atom is 0.296 e. The zero-order valence-electron chi connectivity index (χ0n) is 12.7. The zero-order chi connectivity index (χ0) is 17.1. The molecule has 1 aromatic heterocycles. The Labute approximate surface area is 137 Å². The van der Waals surface area contributed by atoms with Gasteiger partial charge in [-0.2, -0.15) is 0 Å². The van der Waals surface area contributed by atoms with Crippen LogP contribution >= 0.6 is 0 Å². The van der Waals surface area contributed by atoms with Crippen LogP contribution in [0.25, 0.3) is 10.9 Å². The number of aromatic nitrogens is 1. The molecule has 0 saturated heterocycles. The van der Waals surface area contributed by atoms with Gasteiger partial charge in [0, 0.05) is 18.0 Å². The van der Waals surface area contributed by atoms with Crippen LogP contribution in [0.2, 0.25) is 0 Å². The summed E-state index contributed by atoms with van der Waals surface area (Å²) in [6.45, 7) is 4.09. The first kappa shape index (κ1) is 15.4. The van der Waals surface area contributed by atoms with Gasteiger partial charge >= 0.3 is 0 Å². The van der Waals surface area contributed by atoms with Crippen molar-refractivity contribution in [1.82, 2.24) is 4.57 Å². The van der Waals surface area contributed by atoms with Gasteiger partial charge in [0.1, 0.15) is 0 Å². The summed E-state index contributed by atoms with van der Waals surface area (Å²) in [6, 6.07) is 13.4. The second kappa shape index (κ2) is 6.33. The molecule has 3 aromatic rings. The van der Waals surface area contributed by atoms with E-state index in [0.717, 1.165) is 5.52 Å². The smallest absolute Gasteiger partial charge is 0.296 e. The van der Waals surface area contributed by atoms with Gasteiger partial charge in [-0.15, -0.1) is 16.8 Å². The predicted molar refractivity (Wildman–Crippen MR) is 91.1 cm³/mol. The summed E-state index contributed by atoms with van der Waals surface area (Å²) in [5, 5.41) is 30.2. The third-order valence-corrected chi connectivity index (χ3v) is 3.57. The fourth-order valence-electron chi connectivity index (χ4n) is 2.49. The van der Waals surface area contributed by atoms with E-state index in [4.69, 9.17) is 0 Å². The Hall–Kier alpha value is -3.48. The molecule has 1 N–H and O–H groups in total. The Morgan fingerprint density at radius 2 is 1.88 bits per heavy atom. The average molecular weight is 322 g/mol. The van der Waals surface area contributed by atoms with Gasteiger partial charge in [-0.05, 0) is 12.1 Å². The molecule has 0 radical (unpaired) electrons. The van der Waals surface area contributed by atoms with Crippen molar-refractivity contribution in [3.05, 3.63) is 71.3 Å². The fourth-order valence-corrected chi connectivity index (χ4v) is 2.49. The second-order valence-corrected chi connectivity index (χ2v) is 5.03. The maximum absolute atomic E-state index is 11.0. The molecule has 2 aromatic carbocycles. The van der Waals surface area contributed by atoms with E-state index in [2.05, 4.69) is 16.8 Å². The number of azo groups is 1. The van der Waals surface area contributed by atoms with Gasteiger partial charge in [0.15, 0.2) is 11.4 Å². The lowest BCUT2D eigenvalue weighted by atomic mass is 10.2. The molecule has 0 atom stereocenters. The molecule has 0 aliphatic carbocycles. The molecule has 0 aliphatic rings. The van der Waals surface area contributed by atoms with Crippen molar-refractivity contribution in [2.24, 2.45) is 10.2 Å². The SMILES string of the molecule is C=CCn1c(O)c(N=Nc2ccccc2[N+](=O)[O-])c2ccccc21. The molecule has 24 heavy (non-hydrogen) atoms. The van der Waals surface area contributed by atoms with Gasteiger partial charge in [-0.25, -0.2) is 0 Å². The molecular weight excluding hydrogens is 308 g/mol. The summed E-state index contributed by atoms with van der Waals surface area (Å²) < 4.78 is 1.65. The molecule has 0 fully saturated rings. The first-order chi connectivity index (χ1) is 11.6. The summed E-state index contributed by atoms with van der Waals surface area (Å²) in [4.78, 5) is 10.5. The van der Waals surface area contributed by atoms with Gasteiger partial charge in [0.25, 0.3) is 5.69 Å². The highest BCUT2D eigenvalue weighted by Gasteiger charge is 2.16. The molecule has 0 amide bonds. The van der Waals surface area contributed by atoms with Crippen LogP contribution < -0.4 is 0 Å². The molecule has 3 rings (SSSR count). The molecule has 0 spiro atoms. The first-order valence-corrected chi connectivity index (χ1v) is 7.19. The molecule has 7 heteroatoms. The summed E-state index contributed by atoms with van der Waals surface area (Å²) in [5.74, 6) is -0.0570. The average Bonchev–Trinajstić information content (AvgIpc) is 2.86. The van der Waals surface area contributed by atoms with Crippen molar-refractivity contribution >= 4 is 28.0 Å². The predicted octanol–water partition coefficient (Wildman–Crippen LogP) is 4.86. The molecule has 1 heterocycles. The Kier molecular flexibility index (Phi) is 4.07. The van der Waals surface area contributed by atoms with Crippen molar-refractivity contribution in [2.75, 3.05) is 0 Å². The Balaban J connectivity index is 2.13. The number of rotatable bonds is 5. The van der Waals surface area contributed by atoms with Crippen LogP contribution in [0.5, 0.6) is 5.88 Å². The molecule has 120 valence electrons. The fraction of sp³-hybridized carbons (Fsp3) is 0.0588. The molecule has 0 saturated carbocycles. The number of fused-ring (bicyclic) bond motifs is 1. The van der Waals surface area contributed by atoms with Gasteiger partial charge < -0.3 is 9.67 Å². The van der Waals surface area contributed by atoms with E-state index >= 15 is 0 Å². The Morgan fingerprint density at radius 1 is 1.17 bits per heavy atom. The van der Waals surface area contributed by atoms with E-state index in [1.165, 1.54) is 12.1 Å². The lowest BCUT2D eigenvalue weighted by molar-refractivity contribution is -0.384. The summed E-state index contributed by atoms with van der Waals surface area (Å²) in [5.41, 5.74) is 1.04. The minimum atomic E-state index is -0.519. The van der Waals surface area contributed by atoms with Crippen molar-refractivity contribution in [2.45, 2.75) is 6.54 Å². The largest absolute Gasteiger partial charge is 0.493 e. The van der Waals surface area contributed by atoms with Gasteiger partial charge in [-0.3, -0.25) is 10.1 Å². The highest BCUT2D eigenvalue weighted by molar-refractivity contribution is 5.95. The minimum Gasteiger partial charge on any atom is -0.493 e. The monoisotopic (exact) mass is 322 g/mol. The molecule has 7 nitrogen and oxygen atoms in total. The van der Waals surface area contributed by atoms with Crippen molar-refractivity contribution in [3.8, 4) is 5.88 Å². The number of nitrogens with zero attached hydrogens (tertiary/aromatic N) is 4. The maximum atomic E-state index is 11.0. The van der Waals surface area contributed by atoms with Crippen LogP contribution in [0.1, 0.15) is 0 Å². The summed E-state index contributed by atoms with van der Waals surface area (Å²) in [7, 11) is 0. The first-order valence-electron chi connectivity index (χ1n) is 7.19. The highest BCUT2D eigenvalue weighted by atomic mass is 16.6. The van der Waals surface area contributed by atoms with Crippen molar-refractivity contribution < 1.29 is 10.0 Å².